The first kappa shape index (κ1) is 18.2. The van der Waals surface area contributed by atoms with Gasteiger partial charge in [-0.15, -0.1) is 0 Å². The van der Waals surface area contributed by atoms with E-state index in [-0.39, 0.29) is 5.91 Å². The molecule has 1 amide bonds. The highest BCUT2D eigenvalue weighted by molar-refractivity contribution is 5.94. The van der Waals surface area contributed by atoms with Crippen LogP contribution in [0.5, 0.6) is 0 Å². The van der Waals surface area contributed by atoms with E-state index in [0.717, 1.165) is 43.9 Å². The molecule has 0 radical (unpaired) electrons. The second-order valence-electron chi connectivity index (χ2n) is 6.63. The van der Waals surface area contributed by atoms with E-state index in [1.165, 1.54) is 5.56 Å². The average Bonchev–Trinajstić information content (AvgIpc) is 2.70. The molecule has 0 bridgehead atoms. The van der Waals surface area contributed by atoms with Gasteiger partial charge in [0.2, 0.25) is 5.91 Å². The molecule has 1 fully saturated rings. The molecule has 0 atom stereocenters. The van der Waals surface area contributed by atoms with Crippen LogP contribution >= 0.6 is 0 Å². The summed E-state index contributed by atoms with van der Waals surface area (Å²) in [6.07, 6.45) is 6.12. The molecule has 0 spiro atoms. The van der Waals surface area contributed by atoms with Gasteiger partial charge in [-0.25, -0.2) is 0 Å². The molecular formula is C23H26N2O. The molecular weight excluding hydrogens is 320 g/mol. The number of nitrogens with zero attached hydrogens (tertiary/aromatic N) is 2. The third-order valence-electron chi connectivity index (χ3n) is 4.73. The topological polar surface area (TPSA) is 23.6 Å². The molecule has 3 heteroatoms. The van der Waals surface area contributed by atoms with Crippen LogP contribution in [0.3, 0.4) is 0 Å². The lowest BCUT2D eigenvalue weighted by Crippen LogP contribution is -2.48. The van der Waals surface area contributed by atoms with Gasteiger partial charge in [0, 0.05) is 38.8 Å². The summed E-state index contributed by atoms with van der Waals surface area (Å²) in [6, 6.07) is 20.4. The van der Waals surface area contributed by atoms with Gasteiger partial charge < -0.3 is 4.90 Å². The molecule has 2 aromatic carbocycles. The van der Waals surface area contributed by atoms with Crippen molar-refractivity contribution < 1.29 is 4.79 Å². The van der Waals surface area contributed by atoms with Crippen LogP contribution < -0.4 is 0 Å². The molecule has 1 aliphatic rings. The molecule has 3 rings (SSSR count). The highest BCUT2D eigenvalue weighted by atomic mass is 16.2. The van der Waals surface area contributed by atoms with Crippen molar-refractivity contribution in [1.29, 1.82) is 0 Å². The minimum atomic E-state index is 0.117. The Balaban J connectivity index is 1.47. The fourth-order valence-corrected chi connectivity index (χ4v) is 3.11. The third-order valence-corrected chi connectivity index (χ3v) is 4.73. The van der Waals surface area contributed by atoms with E-state index in [4.69, 9.17) is 0 Å². The maximum Gasteiger partial charge on any atom is 0.246 e. The summed E-state index contributed by atoms with van der Waals surface area (Å²) in [7, 11) is 0. The number of piperazine rings is 1. The molecule has 1 aliphatic heterocycles. The van der Waals surface area contributed by atoms with Gasteiger partial charge in [-0.05, 0) is 23.6 Å². The van der Waals surface area contributed by atoms with Gasteiger partial charge in [0.05, 0.1) is 0 Å². The largest absolute Gasteiger partial charge is 0.337 e. The molecule has 0 N–H and O–H groups in total. The van der Waals surface area contributed by atoms with Crippen LogP contribution in [0.2, 0.25) is 0 Å². The monoisotopic (exact) mass is 346 g/mol. The van der Waals surface area contributed by atoms with Crippen molar-refractivity contribution in [3.8, 4) is 0 Å². The standard InChI is InChI=1S/C23H26N2O/c1-20(22-12-6-3-7-13-22)19-23(26)25-17-15-24(16-18-25)14-8-11-21-9-4-2-5-10-21/h2-13,19H,14-18H2,1H3/b11-8+,20-19-. The minimum absolute atomic E-state index is 0.117. The molecule has 0 aliphatic carbocycles. The number of rotatable bonds is 5. The number of carbonyl (C=O) groups is 1. The summed E-state index contributed by atoms with van der Waals surface area (Å²) in [6.45, 7) is 6.34. The van der Waals surface area contributed by atoms with E-state index in [1.54, 1.807) is 6.08 Å². The van der Waals surface area contributed by atoms with Crippen molar-refractivity contribution in [3.05, 3.63) is 83.9 Å². The molecule has 0 saturated carbocycles. The zero-order chi connectivity index (χ0) is 18.2. The first-order chi connectivity index (χ1) is 12.7. The molecule has 26 heavy (non-hydrogen) atoms. The van der Waals surface area contributed by atoms with Crippen LogP contribution in [0.25, 0.3) is 11.6 Å². The van der Waals surface area contributed by atoms with Crippen molar-refractivity contribution in [3.63, 3.8) is 0 Å². The molecule has 3 nitrogen and oxygen atoms in total. The number of hydrogen-bond acceptors (Lipinski definition) is 2. The molecule has 0 unspecified atom stereocenters. The summed E-state index contributed by atoms with van der Waals surface area (Å²) in [5, 5.41) is 0. The van der Waals surface area contributed by atoms with Crippen molar-refractivity contribution in [2.75, 3.05) is 32.7 Å². The van der Waals surface area contributed by atoms with Crippen LogP contribution in [0, 0.1) is 0 Å². The molecule has 1 saturated heterocycles. The Kier molecular flexibility index (Phi) is 6.39. The van der Waals surface area contributed by atoms with Crippen LogP contribution in [0.1, 0.15) is 18.1 Å². The number of allylic oxidation sites excluding steroid dienone is 1. The smallest absolute Gasteiger partial charge is 0.246 e. The second-order valence-corrected chi connectivity index (χ2v) is 6.63. The lowest BCUT2D eigenvalue weighted by Gasteiger charge is -2.33. The Morgan fingerprint density at radius 3 is 2.19 bits per heavy atom. The normalized spacial score (nSPS) is 16.2. The van der Waals surface area contributed by atoms with E-state index in [9.17, 15) is 4.79 Å². The van der Waals surface area contributed by atoms with Crippen molar-refractivity contribution in [1.82, 2.24) is 9.80 Å². The second kappa shape index (κ2) is 9.16. The van der Waals surface area contributed by atoms with Gasteiger partial charge in [-0.3, -0.25) is 9.69 Å². The first-order valence-corrected chi connectivity index (χ1v) is 9.19. The molecule has 134 valence electrons. The number of benzene rings is 2. The van der Waals surface area contributed by atoms with Gasteiger partial charge in [-0.1, -0.05) is 72.8 Å². The maximum absolute atomic E-state index is 12.5. The third kappa shape index (κ3) is 5.17. The predicted octanol–water partition coefficient (Wildman–Crippen LogP) is 3.95. The molecule has 2 aromatic rings. The Labute approximate surface area is 156 Å². The highest BCUT2D eigenvalue weighted by Gasteiger charge is 2.19. The van der Waals surface area contributed by atoms with Crippen molar-refractivity contribution in [2.45, 2.75) is 6.92 Å². The van der Waals surface area contributed by atoms with Gasteiger partial charge in [0.15, 0.2) is 0 Å². The fourth-order valence-electron chi connectivity index (χ4n) is 3.11. The highest BCUT2D eigenvalue weighted by Crippen LogP contribution is 2.14. The summed E-state index contributed by atoms with van der Waals surface area (Å²) in [5.74, 6) is 0.117. The fraction of sp³-hybridized carbons (Fsp3) is 0.261. The average molecular weight is 346 g/mol. The summed E-state index contributed by atoms with van der Waals surface area (Å²) >= 11 is 0. The summed E-state index contributed by atoms with van der Waals surface area (Å²) < 4.78 is 0. The van der Waals surface area contributed by atoms with Gasteiger partial charge in [-0.2, -0.15) is 0 Å². The lowest BCUT2D eigenvalue weighted by atomic mass is 10.1. The Bertz CT molecular complexity index is 757. The summed E-state index contributed by atoms with van der Waals surface area (Å²) in [4.78, 5) is 16.8. The van der Waals surface area contributed by atoms with Crippen molar-refractivity contribution >= 4 is 17.6 Å². The van der Waals surface area contributed by atoms with E-state index >= 15 is 0 Å². The Morgan fingerprint density at radius 2 is 1.54 bits per heavy atom. The lowest BCUT2D eigenvalue weighted by molar-refractivity contribution is -0.127. The predicted molar refractivity (Wildman–Crippen MR) is 109 cm³/mol. The SMILES string of the molecule is C/C(=C/C(=O)N1CCN(C/C=C/c2ccccc2)CC1)c1ccccc1. The maximum atomic E-state index is 12.5. The van der Waals surface area contributed by atoms with Crippen LogP contribution in [0.15, 0.2) is 72.8 Å². The number of carbonyl (C=O) groups excluding carboxylic acids is 1. The zero-order valence-electron chi connectivity index (χ0n) is 15.3. The minimum Gasteiger partial charge on any atom is -0.337 e. The van der Waals surface area contributed by atoms with Gasteiger partial charge >= 0.3 is 0 Å². The van der Waals surface area contributed by atoms with Crippen LogP contribution in [-0.4, -0.2) is 48.4 Å². The molecule has 1 heterocycles. The Morgan fingerprint density at radius 1 is 0.923 bits per heavy atom. The van der Waals surface area contributed by atoms with Crippen LogP contribution in [-0.2, 0) is 4.79 Å². The number of hydrogen-bond donors (Lipinski definition) is 0. The first-order valence-electron chi connectivity index (χ1n) is 9.19. The number of amides is 1. The Hall–Kier alpha value is -2.65. The quantitative estimate of drug-likeness (QED) is 0.766. The van der Waals surface area contributed by atoms with E-state index in [2.05, 4.69) is 41.3 Å². The van der Waals surface area contributed by atoms with Gasteiger partial charge in [0.25, 0.3) is 0 Å². The zero-order valence-corrected chi connectivity index (χ0v) is 15.3. The van der Waals surface area contributed by atoms with E-state index in [0.29, 0.717) is 0 Å². The summed E-state index contributed by atoms with van der Waals surface area (Å²) in [5.41, 5.74) is 3.34. The van der Waals surface area contributed by atoms with E-state index < -0.39 is 0 Å². The van der Waals surface area contributed by atoms with Gasteiger partial charge in [0.1, 0.15) is 0 Å². The van der Waals surface area contributed by atoms with Crippen molar-refractivity contribution in [2.24, 2.45) is 0 Å². The molecule has 0 aromatic heterocycles. The van der Waals surface area contributed by atoms with E-state index in [1.807, 2.05) is 48.2 Å². The van der Waals surface area contributed by atoms with Crippen LogP contribution in [0.4, 0.5) is 0 Å².